The van der Waals surface area contributed by atoms with Gasteiger partial charge in [0.15, 0.2) is 0 Å². The predicted molar refractivity (Wildman–Crippen MR) is 118 cm³/mol. The number of unbranched alkanes of at least 4 members (excludes halogenated alkanes) is 9. The largest absolute Gasteiger partial charge is 0.179 e. The third kappa shape index (κ3) is 5.16. The van der Waals surface area contributed by atoms with E-state index in [1.807, 2.05) is 0 Å². The van der Waals surface area contributed by atoms with E-state index >= 15 is 0 Å². The van der Waals surface area contributed by atoms with Crippen molar-refractivity contribution in [3.8, 4) is 11.1 Å². The lowest BCUT2D eigenvalue weighted by molar-refractivity contribution is 0.542. The maximum Gasteiger partial charge on any atom is 0.0102 e. The van der Waals surface area contributed by atoms with Gasteiger partial charge in [-0.1, -0.05) is 106 Å². The molecule has 2 aromatic carbocycles. The Morgan fingerprint density at radius 3 is 1.46 bits per heavy atom. The monoisotopic (exact) mass is 366 g/mol. The number of hydrogen-bond donors (Lipinski definition) is 1. The Balaban J connectivity index is 1.36. The zero-order chi connectivity index (χ0) is 18.0. The first-order valence-electron chi connectivity index (χ1n) is 10.7. The fourth-order valence-corrected chi connectivity index (χ4v) is 4.67. The van der Waals surface area contributed by atoms with Crippen LogP contribution in [0, 0.1) is 0 Å². The minimum absolute atomic E-state index is 0.620. The Morgan fingerprint density at radius 2 is 0.962 bits per heavy atom. The smallest absolute Gasteiger partial charge is 0.0102 e. The van der Waals surface area contributed by atoms with Crippen molar-refractivity contribution < 1.29 is 0 Å². The summed E-state index contributed by atoms with van der Waals surface area (Å²) in [6.07, 6.45) is 15.2. The van der Waals surface area contributed by atoms with Crippen molar-refractivity contribution in [3.63, 3.8) is 0 Å². The second-order valence-corrected chi connectivity index (χ2v) is 8.22. The van der Waals surface area contributed by atoms with Crippen molar-refractivity contribution >= 4 is 12.6 Å². The lowest BCUT2D eigenvalue weighted by Crippen LogP contribution is -1.96. The summed E-state index contributed by atoms with van der Waals surface area (Å²) >= 11 is 4.28. The van der Waals surface area contributed by atoms with E-state index in [1.54, 1.807) is 11.1 Å². The zero-order valence-electron chi connectivity index (χ0n) is 16.1. The van der Waals surface area contributed by atoms with Gasteiger partial charge < -0.3 is 0 Å². The molecule has 2 aromatic rings. The molecule has 140 valence electrons. The second kappa shape index (κ2) is 10.8. The summed E-state index contributed by atoms with van der Waals surface area (Å²) in [6.45, 7) is 0. The van der Waals surface area contributed by atoms with Crippen LogP contribution in [0.5, 0.6) is 0 Å². The highest BCUT2D eigenvalue weighted by molar-refractivity contribution is 7.80. The summed E-state index contributed by atoms with van der Waals surface area (Å²) < 4.78 is 0. The number of rotatable bonds is 12. The lowest BCUT2D eigenvalue weighted by Gasteiger charge is -2.13. The molecule has 3 rings (SSSR count). The second-order valence-electron chi connectivity index (χ2n) is 7.77. The molecule has 0 N–H and O–H groups in total. The third-order valence-corrected chi connectivity index (χ3v) is 6.18. The van der Waals surface area contributed by atoms with Crippen LogP contribution in [0.2, 0.25) is 0 Å². The first kappa shape index (κ1) is 19.5. The molecule has 1 aliphatic carbocycles. The van der Waals surface area contributed by atoms with Crippen molar-refractivity contribution in [1.82, 2.24) is 0 Å². The Labute approximate surface area is 165 Å². The van der Waals surface area contributed by atoms with Crippen LogP contribution in [-0.2, 0) is 0 Å². The summed E-state index contributed by atoms with van der Waals surface area (Å²) in [4.78, 5) is 0. The minimum Gasteiger partial charge on any atom is -0.179 e. The van der Waals surface area contributed by atoms with Crippen LogP contribution in [-0.4, -0.2) is 5.75 Å². The Hall–Kier alpha value is -1.21. The molecule has 1 aliphatic rings. The van der Waals surface area contributed by atoms with Crippen molar-refractivity contribution in [2.75, 3.05) is 5.75 Å². The predicted octanol–water partition coefficient (Wildman–Crippen LogP) is 8.02. The molecule has 0 atom stereocenters. The van der Waals surface area contributed by atoms with Crippen molar-refractivity contribution in [2.24, 2.45) is 0 Å². The molecule has 0 fully saturated rings. The van der Waals surface area contributed by atoms with Gasteiger partial charge in [-0.3, -0.25) is 0 Å². The van der Waals surface area contributed by atoms with E-state index in [0.717, 1.165) is 5.75 Å². The molecular weight excluding hydrogens is 332 g/mol. The molecule has 0 spiro atoms. The Morgan fingerprint density at radius 1 is 0.538 bits per heavy atom. The van der Waals surface area contributed by atoms with Gasteiger partial charge in [0.1, 0.15) is 0 Å². The Bertz CT molecular complexity index is 615. The van der Waals surface area contributed by atoms with Crippen LogP contribution >= 0.6 is 12.6 Å². The summed E-state index contributed by atoms with van der Waals surface area (Å²) in [5, 5.41) is 0. The Kier molecular flexibility index (Phi) is 8.14. The standard InChI is InChI=1S/C25H34S/c26-20-14-8-6-4-2-1-3-5-7-9-15-21-22-16-10-12-18-24(22)25-19-13-11-17-23(21)25/h10-13,16-19,21,26H,1-9,14-15,20H2. The molecule has 0 saturated heterocycles. The van der Waals surface area contributed by atoms with Gasteiger partial charge >= 0.3 is 0 Å². The molecule has 0 amide bonds. The number of benzene rings is 2. The van der Waals surface area contributed by atoms with Gasteiger partial charge in [0.25, 0.3) is 0 Å². The van der Waals surface area contributed by atoms with Gasteiger partial charge in [-0.05, 0) is 40.8 Å². The molecule has 26 heavy (non-hydrogen) atoms. The number of thiol groups is 1. The van der Waals surface area contributed by atoms with E-state index in [1.165, 1.54) is 81.8 Å². The third-order valence-electron chi connectivity index (χ3n) is 5.86. The van der Waals surface area contributed by atoms with Crippen LogP contribution in [0.15, 0.2) is 48.5 Å². The molecular formula is C25H34S. The lowest BCUT2D eigenvalue weighted by atomic mass is 9.91. The van der Waals surface area contributed by atoms with E-state index in [0.29, 0.717) is 5.92 Å². The number of hydrogen-bond acceptors (Lipinski definition) is 1. The summed E-state index contributed by atoms with van der Waals surface area (Å²) in [5.41, 5.74) is 6.03. The van der Waals surface area contributed by atoms with Gasteiger partial charge in [0.2, 0.25) is 0 Å². The van der Waals surface area contributed by atoms with Crippen LogP contribution in [0.3, 0.4) is 0 Å². The molecule has 0 aromatic heterocycles. The maximum absolute atomic E-state index is 4.28. The maximum atomic E-state index is 4.28. The highest BCUT2D eigenvalue weighted by Crippen LogP contribution is 2.46. The van der Waals surface area contributed by atoms with Crippen LogP contribution < -0.4 is 0 Å². The van der Waals surface area contributed by atoms with E-state index in [-0.39, 0.29) is 0 Å². The molecule has 0 radical (unpaired) electrons. The SMILES string of the molecule is SCCCCCCCCCCCCC1c2ccccc2-c2ccccc21. The van der Waals surface area contributed by atoms with Crippen molar-refractivity contribution in [2.45, 2.75) is 76.5 Å². The molecule has 0 aliphatic heterocycles. The van der Waals surface area contributed by atoms with E-state index in [2.05, 4.69) is 61.2 Å². The molecule has 0 heterocycles. The van der Waals surface area contributed by atoms with Crippen LogP contribution in [0.4, 0.5) is 0 Å². The summed E-state index contributed by atoms with van der Waals surface area (Å²) in [7, 11) is 0. The zero-order valence-corrected chi connectivity index (χ0v) is 17.0. The van der Waals surface area contributed by atoms with E-state index < -0.39 is 0 Å². The summed E-state index contributed by atoms with van der Waals surface area (Å²) in [6, 6.07) is 18.0. The molecule has 0 bridgehead atoms. The summed E-state index contributed by atoms with van der Waals surface area (Å²) in [5.74, 6) is 1.67. The van der Waals surface area contributed by atoms with Gasteiger partial charge in [0.05, 0.1) is 0 Å². The number of fused-ring (bicyclic) bond motifs is 3. The normalized spacial score (nSPS) is 13.0. The fraction of sp³-hybridized carbons (Fsp3) is 0.520. The topological polar surface area (TPSA) is 0 Å². The van der Waals surface area contributed by atoms with Crippen LogP contribution in [0.25, 0.3) is 11.1 Å². The molecule has 0 unspecified atom stereocenters. The molecule has 0 saturated carbocycles. The average molecular weight is 367 g/mol. The van der Waals surface area contributed by atoms with E-state index in [4.69, 9.17) is 0 Å². The van der Waals surface area contributed by atoms with Crippen molar-refractivity contribution in [1.29, 1.82) is 0 Å². The molecule has 1 heteroatoms. The quantitative estimate of drug-likeness (QED) is 0.285. The van der Waals surface area contributed by atoms with Gasteiger partial charge in [0, 0.05) is 5.92 Å². The first-order chi connectivity index (χ1) is 12.9. The van der Waals surface area contributed by atoms with E-state index in [9.17, 15) is 0 Å². The van der Waals surface area contributed by atoms with Crippen molar-refractivity contribution in [3.05, 3.63) is 59.7 Å². The van der Waals surface area contributed by atoms with Gasteiger partial charge in [-0.2, -0.15) is 12.6 Å². The van der Waals surface area contributed by atoms with Gasteiger partial charge in [-0.25, -0.2) is 0 Å². The minimum atomic E-state index is 0.620. The fourth-order valence-electron chi connectivity index (χ4n) is 4.45. The average Bonchev–Trinajstić information content (AvgIpc) is 3.00. The van der Waals surface area contributed by atoms with Gasteiger partial charge in [-0.15, -0.1) is 0 Å². The molecule has 0 nitrogen and oxygen atoms in total. The first-order valence-corrected chi connectivity index (χ1v) is 11.3. The highest BCUT2D eigenvalue weighted by atomic mass is 32.1. The van der Waals surface area contributed by atoms with Crippen LogP contribution in [0.1, 0.15) is 87.7 Å². The highest BCUT2D eigenvalue weighted by Gasteiger charge is 2.27.